The second-order valence-corrected chi connectivity index (χ2v) is 6.29. The third kappa shape index (κ3) is 1.90. The molecule has 1 rings (SSSR count). The van der Waals surface area contributed by atoms with Crippen LogP contribution in [0, 0.1) is 18.3 Å². The summed E-state index contributed by atoms with van der Waals surface area (Å²) in [5.74, 6) is 0. The number of nitriles is 1. The van der Waals surface area contributed by atoms with Crippen LogP contribution in [0.15, 0.2) is 15.3 Å². The van der Waals surface area contributed by atoms with Crippen molar-refractivity contribution in [2.45, 2.75) is 11.8 Å². The average Bonchev–Trinajstić information content (AvgIpc) is 2.47. The molecule has 1 heterocycles. The second kappa shape index (κ2) is 3.48. The van der Waals surface area contributed by atoms with E-state index in [4.69, 9.17) is 5.26 Å². The first-order chi connectivity index (χ1) is 6.01. The Morgan fingerprint density at radius 2 is 2.31 bits per heavy atom. The number of aryl methyl sites for hydroxylation is 1. The Bertz CT molecular complexity index is 473. The van der Waals surface area contributed by atoms with Gasteiger partial charge in [0.05, 0.1) is 14.6 Å². The van der Waals surface area contributed by atoms with Crippen molar-refractivity contribution in [3.05, 3.63) is 15.8 Å². The molecular weight excluding hydrogens is 204 g/mol. The van der Waals surface area contributed by atoms with Crippen molar-refractivity contribution in [1.82, 2.24) is 0 Å². The number of rotatable bonds is 1. The molecule has 0 saturated carbocycles. The van der Waals surface area contributed by atoms with Crippen LogP contribution in [0.5, 0.6) is 0 Å². The van der Waals surface area contributed by atoms with Gasteiger partial charge in [-0.2, -0.15) is 5.26 Å². The molecule has 0 aliphatic rings. The first-order valence-corrected chi connectivity index (χ1v) is 6.36. The molecule has 0 aliphatic heterocycles. The number of hydrogen-bond donors (Lipinski definition) is 0. The molecule has 0 radical (unpaired) electrons. The summed E-state index contributed by atoms with van der Waals surface area (Å²) in [6, 6.07) is 3.70. The van der Waals surface area contributed by atoms with Gasteiger partial charge >= 0.3 is 0 Å². The van der Waals surface area contributed by atoms with Gasteiger partial charge in [-0.3, -0.25) is 0 Å². The van der Waals surface area contributed by atoms with Crippen molar-refractivity contribution < 1.29 is 4.21 Å². The third-order valence-corrected chi connectivity index (χ3v) is 4.76. The maximum Gasteiger partial charge on any atom is 0.110 e. The van der Waals surface area contributed by atoms with E-state index < -0.39 is 9.73 Å². The summed E-state index contributed by atoms with van der Waals surface area (Å²) >= 11 is 1.36. The predicted molar refractivity (Wildman–Crippen MR) is 54.5 cm³/mol. The van der Waals surface area contributed by atoms with Crippen LogP contribution in [-0.2, 0) is 9.73 Å². The largest absolute Gasteiger partial charge is 0.245 e. The van der Waals surface area contributed by atoms with Crippen LogP contribution >= 0.6 is 11.3 Å². The average molecular weight is 214 g/mol. The molecule has 0 fully saturated rings. The Hall–Kier alpha value is -0.860. The van der Waals surface area contributed by atoms with E-state index in [2.05, 4.69) is 4.36 Å². The van der Waals surface area contributed by atoms with Gasteiger partial charge in [0.2, 0.25) is 0 Å². The smallest absolute Gasteiger partial charge is 0.110 e. The maximum absolute atomic E-state index is 11.8. The molecule has 5 heteroatoms. The van der Waals surface area contributed by atoms with E-state index in [9.17, 15) is 4.21 Å². The van der Waals surface area contributed by atoms with E-state index in [-0.39, 0.29) is 0 Å². The first kappa shape index (κ1) is 10.2. The zero-order valence-electron chi connectivity index (χ0n) is 7.70. The SMILES string of the molecule is CN=S(C)(=O)c1cc(C#N)sc1C. The topological polar surface area (TPSA) is 53.2 Å². The van der Waals surface area contributed by atoms with Crippen LogP contribution in [0.3, 0.4) is 0 Å². The highest BCUT2D eigenvalue weighted by Gasteiger charge is 2.12. The predicted octanol–water partition coefficient (Wildman–Crippen LogP) is 2.01. The number of thiophene rings is 1. The van der Waals surface area contributed by atoms with Gasteiger partial charge in [0, 0.05) is 18.2 Å². The van der Waals surface area contributed by atoms with Crippen LogP contribution in [-0.4, -0.2) is 17.5 Å². The Labute approximate surface area is 82.2 Å². The number of hydrogen-bond acceptors (Lipinski definition) is 4. The lowest BCUT2D eigenvalue weighted by molar-refractivity contribution is 0.680. The summed E-state index contributed by atoms with van der Waals surface area (Å²) in [6.45, 7) is 1.86. The minimum Gasteiger partial charge on any atom is -0.245 e. The highest BCUT2D eigenvalue weighted by Crippen LogP contribution is 2.25. The van der Waals surface area contributed by atoms with Crippen LogP contribution < -0.4 is 0 Å². The van der Waals surface area contributed by atoms with Crippen LogP contribution in [0.2, 0.25) is 0 Å². The van der Waals surface area contributed by atoms with E-state index in [1.165, 1.54) is 18.4 Å². The van der Waals surface area contributed by atoms with Gasteiger partial charge in [0.15, 0.2) is 0 Å². The minimum atomic E-state index is -2.28. The molecule has 1 aromatic rings. The lowest BCUT2D eigenvalue weighted by Crippen LogP contribution is -1.96. The quantitative estimate of drug-likeness (QED) is 0.718. The normalized spacial score (nSPS) is 14.6. The van der Waals surface area contributed by atoms with Gasteiger partial charge in [-0.25, -0.2) is 8.57 Å². The van der Waals surface area contributed by atoms with Crippen molar-refractivity contribution in [3.63, 3.8) is 0 Å². The van der Waals surface area contributed by atoms with Gasteiger partial charge in [0.25, 0.3) is 0 Å². The van der Waals surface area contributed by atoms with Crippen molar-refractivity contribution in [2.24, 2.45) is 4.36 Å². The van der Waals surface area contributed by atoms with Crippen LogP contribution in [0.4, 0.5) is 0 Å². The second-order valence-electron chi connectivity index (χ2n) is 2.63. The van der Waals surface area contributed by atoms with Crippen LogP contribution in [0.1, 0.15) is 9.75 Å². The van der Waals surface area contributed by atoms with Gasteiger partial charge in [0.1, 0.15) is 10.9 Å². The monoisotopic (exact) mass is 214 g/mol. The lowest BCUT2D eigenvalue weighted by Gasteiger charge is -1.99. The summed E-state index contributed by atoms with van der Waals surface area (Å²) in [4.78, 5) is 2.19. The van der Waals surface area contributed by atoms with Gasteiger partial charge in [-0.05, 0) is 13.0 Å². The summed E-state index contributed by atoms with van der Waals surface area (Å²) in [7, 11) is -0.751. The van der Waals surface area contributed by atoms with Crippen LogP contribution in [0.25, 0.3) is 0 Å². The molecule has 1 aromatic heterocycles. The molecule has 0 bridgehead atoms. The van der Waals surface area contributed by atoms with Gasteiger partial charge in [-0.15, -0.1) is 11.3 Å². The molecule has 0 spiro atoms. The summed E-state index contributed by atoms with van der Waals surface area (Å²) < 4.78 is 15.7. The molecule has 1 unspecified atom stereocenters. The van der Waals surface area contributed by atoms with E-state index in [0.717, 1.165) is 4.88 Å². The number of nitrogens with zero attached hydrogens (tertiary/aromatic N) is 2. The fraction of sp³-hybridized carbons (Fsp3) is 0.375. The van der Waals surface area contributed by atoms with E-state index in [1.807, 2.05) is 13.0 Å². The Kier molecular flexibility index (Phi) is 2.74. The van der Waals surface area contributed by atoms with Crippen molar-refractivity contribution in [3.8, 4) is 6.07 Å². The maximum atomic E-state index is 11.8. The zero-order valence-corrected chi connectivity index (χ0v) is 9.33. The lowest BCUT2D eigenvalue weighted by atomic mass is 10.4. The highest BCUT2D eigenvalue weighted by molar-refractivity contribution is 7.93. The molecule has 13 heavy (non-hydrogen) atoms. The summed E-state index contributed by atoms with van der Waals surface area (Å²) in [5, 5.41) is 8.65. The van der Waals surface area contributed by atoms with E-state index in [1.54, 1.807) is 12.3 Å². The third-order valence-electron chi connectivity index (χ3n) is 1.74. The summed E-state index contributed by atoms with van der Waals surface area (Å²) in [6.07, 6.45) is 1.59. The molecule has 0 aliphatic carbocycles. The molecule has 70 valence electrons. The first-order valence-electron chi connectivity index (χ1n) is 3.62. The molecule has 3 nitrogen and oxygen atoms in total. The Morgan fingerprint density at radius 1 is 1.69 bits per heavy atom. The highest BCUT2D eigenvalue weighted by atomic mass is 32.2. The van der Waals surface area contributed by atoms with E-state index in [0.29, 0.717) is 9.77 Å². The fourth-order valence-corrected chi connectivity index (χ4v) is 3.44. The Morgan fingerprint density at radius 3 is 2.69 bits per heavy atom. The van der Waals surface area contributed by atoms with E-state index >= 15 is 0 Å². The van der Waals surface area contributed by atoms with Crippen molar-refractivity contribution >= 4 is 21.1 Å². The zero-order chi connectivity index (χ0) is 10.1. The van der Waals surface area contributed by atoms with Crippen molar-refractivity contribution in [1.29, 1.82) is 5.26 Å². The molecule has 0 N–H and O–H groups in total. The molecule has 0 amide bonds. The molecule has 0 saturated heterocycles. The summed E-state index contributed by atoms with van der Waals surface area (Å²) in [5.41, 5.74) is 0. The standard InChI is InChI=1S/C8H10N2OS2/c1-6-8(13(3,11)10-2)4-7(5-9)12-6/h4H,1-3H3. The molecular formula is C8H10N2OS2. The molecule has 0 aromatic carbocycles. The van der Waals surface area contributed by atoms with Gasteiger partial charge < -0.3 is 0 Å². The van der Waals surface area contributed by atoms with Gasteiger partial charge in [-0.1, -0.05) is 0 Å². The van der Waals surface area contributed by atoms with Crippen molar-refractivity contribution in [2.75, 3.05) is 13.3 Å². The minimum absolute atomic E-state index is 0.589. The molecule has 1 atom stereocenters. The fourth-order valence-electron chi connectivity index (χ4n) is 0.995. The Balaban J connectivity index is 3.42.